The van der Waals surface area contributed by atoms with Crippen LogP contribution in [0.15, 0.2) is 52.7 Å². The number of benzene rings is 1. The highest BCUT2D eigenvalue weighted by atomic mass is 35.5. The second-order valence-corrected chi connectivity index (χ2v) is 8.84. The van der Waals surface area contributed by atoms with Crippen LogP contribution < -0.4 is 11.5 Å². The average Bonchev–Trinajstić information content (AvgIpc) is 2.83. The van der Waals surface area contributed by atoms with Crippen LogP contribution in [0.2, 0.25) is 0 Å². The molecule has 0 spiro atoms. The number of rotatable bonds is 16. The molecule has 0 bridgehead atoms. The van der Waals surface area contributed by atoms with Crippen molar-refractivity contribution in [3.63, 3.8) is 0 Å². The predicted octanol–water partition coefficient (Wildman–Crippen LogP) is 8.97. The van der Waals surface area contributed by atoms with Crippen LogP contribution in [0.25, 0.3) is 0 Å². The van der Waals surface area contributed by atoms with Crippen LogP contribution in [-0.4, -0.2) is 16.3 Å². The van der Waals surface area contributed by atoms with E-state index in [2.05, 4.69) is 22.1 Å². The lowest BCUT2D eigenvalue weighted by Crippen LogP contribution is -1.95. The van der Waals surface area contributed by atoms with Crippen LogP contribution in [0.5, 0.6) is 0 Å². The molecule has 0 atom stereocenters. The minimum Gasteiger partial charge on any atom is -0.412 e. The maximum absolute atomic E-state index is 5.64. The Hall–Kier alpha value is -1.89. The summed E-state index contributed by atoms with van der Waals surface area (Å²) in [5, 5.41) is 8.03. The van der Waals surface area contributed by atoms with Gasteiger partial charge in [-0.05, 0) is 30.7 Å². The molecule has 1 aromatic heterocycles. The molecule has 0 aliphatic rings. The Morgan fingerprint density at radius 3 is 1.63 bits per heavy atom. The second-order valence-electron chi connectivity index (χ2n) is 8.46. The summed E-state index contributed by atoms with van der Waals surface area (Å²) in [6.07, 6.45) is 19.8. The number of aromatic nitrogens is 1. The number of pyridine rings is 1. The molecule has 0 unspecified atom stereocenters. The van der Waals surface area contributed by atoms with Crippen LogP contribution in [0.4, 0.5) is 23.0 Å². The van der Waals surface area contributed by atoms with E-state index in [1.54, 1.807) is 12.1 Å². The molecule has 0 saturated carbocycles. The van der Waals surface area contributed by atoms with Crippen molar-refractivity contribution < 1.29 is 5.48 Å². The summed E-state index contributed by atoms with van der Waals surface area (Å²) in [6.45, 7) is 2.28. The third-order valence-corrected chi connectivity index (χ3v) is 5.71. The summed E-state index contributed by atoms with van der Waals surface area (Å²) in [5.41, 5.74) is 12.4. The number of hydrogen-bond donors (Lipinski definition) is 2. The van der Waals surface area contributed by atoms with E-state index in [9.17, 15) is 0 Å². The summed E-state index contributed by atoms with van der Waals surface area (Å²) in [6, 6.07) is 12.7. The molecule has 2 rings (SSSR count). The van der Waals surface area contributed by atoms with E-state index >= 15 is 0 Å². The Morgan fingerprint density at radius 2 is 1.17 bits per heavy atom. The Bertz CT molecular complexity index is 734. The first kappa shape index (κ1) is 35.3. The van der Waals surface area contributed by atoms with Crippen molar-refractivity contribution in [1.82, 2.24) is 4.98 Å². The van der Waals surface area contributed by atoms with Crippen LogP contribution in [-0.2, 0) is 0 Å². The Morgan fingerprint density at radius 1 is 0.686 bits per heavy atom. The molecule has 0 aliphatic heterocycles. The molecule has 6 N–H and O–H groups in total. The molecule has 200 valence electrons. The van der Waals surface area contributed by atoms with Gasteiger partial charge in [-0.2, -0.15) is 5.11 Å². The first-order valence-corrected chi connectivity index (χ1v) is 13.3. The van der Waals surface area contributed by atoms with Gasteiger partial charge in [-0.15, -0.1) is 29.1 Å². The largest absolute Gasteiger partial charge is 0.412 e. The molecule has 6 nitrogen and oxygen atoms in total. The molecule has 0 fully saturated rings. The summed E-state index contributed by atoms with van der Waals surface area (Å²) in [7, 11) is 0. The molecule has 0 aliphatic carbocycles. The number of nitrogens with zero attached hydrogens (tertiary/aromatic N) is 3. The van der Waals surface area contributed by atoms with E-state index in [4.69, 9.17) is 23.1 Å². The van der Waals surface area contributed by atoms with Gasteiger partial charge < -0.3 is 16.9 Å². The van der Waals surface area contributed by atoms with E-state index in [-0.39, 0.29) is 23.7 Å². The van der Waals surface area contributed by atoms with Gasteiger partial charge >= 0.3 is 0 Å². The van der Waals surface area contributed by atoms with Gasteiger partial charge in [0.25, 0.3) is 0 Å². The lowest BCUT2D eigenvalue weighted by atomic mass is 10.0. The maximum Gasteiger partial charge on any atom is 0.153 e. The van der Waals surface area contributed by atoms with Crippen molar-refractivity contribution in [3.05, 3.63) is 42.5 Å². The minimum absolute atomic E-state index is 0. The van der Waals surface area contributed by atoms with Gasteiger partial charge in [0.05, 0.1) is 5.69 Å². The number of hydrogen-bond acceptors (Lipinski definition) is 5. The van der Waals surface area contributed by atoms with Crippen molar-refractivity contribution in [3.8, 4) is 0 Å². The van der Waals surface area contributed by atoms with Gasteiger partial charge in [-0.1, -0.05) is 109 Å². The Labute approximate surface area is 224 Å². The molecule has 8 heteroatoms. The molecular formula is C27H47Cl2N5O. The van der Waals surface area contributed by atoms with Gasteiger partial charge in [0, 0.05) is 5.88 Å². The average molecular weight is 529 g/mol. The van der Waals surface area contributed by atoms with E-state index in [1.165, 1.54) is 89.9 Å². The molecule has 0 radical (unpaired) electrons. The molecule has 2 aromatic rings. The summed E-state index contributed by atoms with van der Waals surface area (Å²) < 4.78 is 0. The minimum atomic E-state index is 0. The highest BCUT2D eigenvalue weighted by molar-refractivity contribution is 6.17. The van der Waals surface area contributed by atoms with Crippen LogP contribution >= 0.6 is 24.0 Å². The second kappa shape index (κ2) is 25.2. The van der Waals surface area contributed by atoms with Crippen molar-refractivity contribution in [1.29, 1.82) is 0 Å². The lowest BCUT2D eigenvalue weighted by Gasteiger charge is -2.02. The monoisotopic (exact) mass is 527 g/mol. The maximum atomic E-state index is 5.64. The van der Waals surface area contributed by atoms with Crippen molar-refractivity contribution in [2.45, 2.75) is 96.8 Å². The lowest BCUT2D eigenvalue weighted by molar-refractivity contribution is 0.538. The number of halogens is 2. The summed E-state index contributed by atoms with van der Waals surface area (Å²) in [4.78, 5) is 3.89. The van der Waals surface area contributed by atoms with Gasteiger partial charge in [0.2, 0.25) is 0 Å². The topological polar surface area (TPSA) is 121 Å². The number of alkyl halides is 1. The number of unbranched alkanes of at least 4 members (excludes halogenated alkanes) is 13. The summed E-state index contributed by atoms with van der Waals surface area (Å²) >= 11 is 5.64. The van der Waals surface area contributed by atoms with Crippen LogP contribution in [0, 0.1) is 0 Å². The SMILES string of the molecule is CCCCCCCCCCCCCCCCCl.Cl.Nc1ccc(/N=N/c2ccccc2)c(N)n1.O. The molecular weight excluding hydrogens is 481 g/mol. The third-order valence-electron chi connectivity index (χ3n) is 5.44. The predicted molar refractivity (Wildman–Crippen MR) is 156 cm³/mol. The number of anilines is 2. The number of azo groups is 1. The Balaban J connectivity index is 0. The first-order valence-electron chi connectivity index (χ1n) is 12.7. The number of nitrogen functional groups attached to an aromatic ring is 2. The summed E-state index contributed by atoms with van der Waals surface area (Å²) in [5.74, 6) is 1.49. The van der Waals surface area contributed by atoms with E-state index < -0.39 is 0 Å². The fourth-order valence-electron chi connectivity index (χ4n) is 3.46. The molecule has 1 aromatic carbocycles. The fourth-order valence-corrected chi connectivity index (χ4v) is 3.65. The van der Waals surface area contributed by atoms with Crippen molar-refractivity contribution >= 4 is 47.0 Å². The zero-order valence-corrected chi connectivity index (χ0v) is 23.0. The Kier molecular flexibility index (Phi) is 25.4. The normalized spacial score (nSPS) is 10.2. The number of nitrogens with two attached hydrogens (primary N) is 2. The zero-order chi connectivity index (χ0) is 24.0. The quantitative estimate of drug-likeness (QED) is 0.128. The molecule has 1 heterocycles. The highest BCUT2D eigenvalue weighted by Crippen LogP contribution is 2.23. The van der Waals surface area contributed by atoms with Crippen LogP contribution in [0.3, 0.4) is 0 Å². The van der Waals surface area contributed by atoms with E-state index in [0.29, 0.717) is 11.5 Å². The highest BCUT2D eigenvalue weighted by Gasteiger charge is 1.99. The zero-order valence-electron chi connectivity index (χ0n) is 21.4. The molecule has 0 saturated heterocycles. The molecule has 35 heavy (non-hydrogen) atoms. The van der Waals surface area contributed by atoms with Gasteiger partial charge in [-0.25, -0.2) is 4.98 Å². The fraction of sp³-hybridized carbons (Fsp3) is 0.593. The smallest absolute Gasteiger partial charge is 0.153 e. The first-order chi connectivity index (χ1) is 16.2. The van der Waals surface area contributed by atoms with Crippen molar-refractivity contribution in [2.75, 3.05) is 17.3 Å². The molecule has 0 amide bonds. The van der Waals surface area contributed by atoms with Crippen LogP contribution in [0.1, 0.15) is 96.8 Å². The van der Waals surface area contributed by atoms with Gasteiger partial charge in [0.15, 0.2) is 5.82 Å². The standard InChI is InChI=1S/C16H33Cl.C11H11N5.ClH.H2O/c1-2-3-4-5-6-7-8-9-10-11-12-13-14-15-16-17;12-10-7-6-9(11(13)14-10)16-15-8-4-2-1-3-5-8;;/h2-16H2,1H3;1-7H,(H4,12,13,14);1H;1H2/b;16-15+;;. The van der Waals surface area contributed by atoms with Crippen molar-refractivity contribution in [2.24, 2.45) is 10.2 Å². The van der Waals surface area contributed by atoms with E-state index in [1.807, 2.05) is 30.3 Å². The third kappa shape index (κ3) is 20.0. The van der Waals surface area contributed by atoms with Gasteiger partial charge in [0.1, 0.15) is 11.5 Å². The van der Waals surface area contributed by atoms with Gasteiger partial charge in [-0.3, -0.25) is 0 Å². The van der Waals surface area contributed by atoms with E-state index in [0.717, 1.165) is 11.6 Å².